The summed E-state index contributed by atoms with van der Waals surface area (Å²) in [5.41, 5.74) is 1.65. The first-order chi connectivity index (χ1) is 14.6. The fourth-order valence-electron chi connectivity index (χ4n) is 4.59. The van der Waals surface area contributed by atoms with Crippen LogP contribution in [0.2, 0.25) is 0 Å². The monoisotopic (exact) mass is 409 g/mol. The van der Waals surface area contributed by atoms with Crippen LogP contribution in [0, 0.1) is 5.82 Å². The predicted molar refractivity (Wildman–Crippen MR) is 114 cm³/mol. The van der Waals surface area contributed by atoms with Crippen molar-refractivity contribution in [3.8, 4) is 0 Å². The van der Waals surface area contributed by atoms with Crippen molar-refractivity contribution >= 4 is 11.8 Å². The molecule has 2 fully saturated rings. The normalized spacial score (nSPS) is 20.3. The Morgan fingerprint density at radius 2 is 1.73 bits per heavy atom. The molecule has 30 heavy (non-hydrogen) atoms. The first-order valence-corrected chi connectivity index (χ1v) is 10.7. The number of hydrogen-bond donors (Lipinski definition) is 1. The van der Waals surface area contributed by atoms with Crippen molar-refractivity contribution < 1.29 is 14.0 Å². The number of carbonyl (C=O) groups excluding carboxylic acids is 2. The molecule has 0 radical (unpaired) electrons. The number of amides is 2. The Morgan fingerprint density at radius 3 is 2.47 bits per heavy atom. The van der Waals surface area contributed by atoms with E-state index in [-0.39, 0.29) is 18.0 Å². The van der Waals surface area contributed by atoms with Crippen molar-refractivity contribution in [2.24, 2.45) is 0 Å². The number of benzene rings is 2. The molecule has 2 aromatic carbocycles. The average Bonchev–Trinajstić information content (AvgIpc) is 3.28. The van der Waals surface area contributed by atoms with Gasteiger partial charge in [0.15, 0.2) is 0 Å². The Hall–Kier alpha value is -2.73. The van der Waals surface area contributed by atoms with E-state index >= 15 is 0 Å². The zero-order valence-corrected chi connectivity index (χ0v) is 17.1. The summed E-state index contributed by atoms with van der Waals surface area (Å²) < 4.78 is 13.3. The molecule has 1 N–H and O–H groups in total. The second-order valence-electron chi connectivity index (χ2n) is 8.20. The van der Waals surface area contributed by atoms with Crippen LogP contribution in [0.15, 0.2) is 54.6 Å². The van der Waals surface area contributed by atoms with E-state index in [1.807, 2.05) is 4.90 Å². The number of nitrogens with one attached hydrogen (secondary N) is 1. The Balaban J connectivity index is 1.22. The smallest absolute Gasteiger partial charge is 0.251 e. The minimum absolute atomic E-state index is 0.0574. The van der Waals surface area contributed by atoms with Crippen LogP contribution < -0.4 is 5.32 Å². The van der Waals surface area contributed by atoms with Crippen LogP contribution in [0.3, 0.4) is 0 Å². The Labute approximate surface area is 176 Å². The van der Waals surface area contributed by atoms with Crippen LogP contribution in [0.5, 0.6) is 0 Å². The number of carbonyl (C=O) groups is 2. The van der Waals surface area contributed by atoms with Gasteiger partial charge in [-0.2, -0.15) is 0 Å². The van der Waals surface area contributed by atoms with Gasteiger partial charge in [-0.3, -0.25) is 14.5 Å². The molecule has 0 aromatic heterocycles. The van der Waals surface area contributed by atoms with Gasteiger partial charge in [0.1, 0.15) is 5.82 Å². The number of piperidine rings is 1. The van der Waals surface area contributed by atoms with Crippen molar-refractivity contribution in [1.29, 1.82) is 0 Å². The SMILES string of the molecule is O=C(NCC(=O)N1CCC(N2CCC(c3ccccc3)CC2)C1)c1cccc(F)c1. The van der Waals surface area contributed by atoms with Crippen LogP contribution in [0.25, 0.3) is 0 Å². The lowest BCUT2D eigenvalue weighted by atomic mass is 9.89. The molecule has 0 bridgehead atoms. The quantitative estimate of drug-likeness (QED) is 0.826. The summed E-state index contributed by atoms with van der Waals surface area (Å²) in [6.45, 7) is 3.49. The molecular formula is C24H28FN3O2. The average molecular weight is 410 g/mol. The van der Waals surface area contributed by atoms with Gasteiger partial charge in [0.25, 0.3) is 5.91 Å². The molecule has 4 rings (SSSR count). The summed E-state index contributed by atoms with van der Waals surface area (Å²) in [5.74, 6) is -0.352. The second kappa shape index (κ2) is 9.39. The van der Waals surface area contributed by atoms with Crippen molar-refractivity contribution in [3.05, 3.63) is 71.5 Å². The van der Waals surface area contributed by atoms with Gasteiger partial charge in [0.05, 0.1) is 6.54 Å². The van der Waals surface area contributed by atoms with Gasteiger partial charge in [-0.05, 0) is 62.0 Å². The summed E-state index contributed by atoms with van der Waals surface area (Å²) in [6, 6.07) is 16.6. The van der Waals surface area contributed by atoms with Crippen molar-refractivity contribution in [2.75, 3.05) is 32.7 Å². The number of hydrogen-bond acceptors (Lipinski definition) is 3. The van der Waals surface area contributed by atoms with Crippen LogP contribution >= 0.6 is 0 Å². The fourth-order valence-corrected chi connectivity index (χ4v) is 4.59. The van der Waals surface area contributed by atoms with Crippen LogP contribution in [0.4, 0.5) is 4.39 Å². The first-order valence-electron chi connectivity index (χ1n) is 10.7. The molecule has 5 nitrogen and oxygen atoms in total. The Morgan fingerprint density at radius 1 is 0.967 bits per heavy atom. The van der Waals surface area contributed by atoms with Gasteiger partial charge < -0.3 is 10.2 Å². The van der Waals surface area contributed by atoms with E-state index in [9.17, 15) is 14.0 Å². The molecule has 0 spiro atoms. The summed E-state index contributed by atoms with van der Waals surface area (Å²) in [4.78, 5) is 29.0. The third kappa shape index (κ3) is 4.87. The summed E-state index contributed by atoms with van der Waals surface area (Å²) in [7, 11) is 0. The molecule has 2 amide bonds. The molecule has 0 aliphatic carbocycles. The summed E-state index contributed by atoms with van der Waals surface area (Å²) >= 11 is 0. The number of nitrogens with zero attached hydrogens (tertiary/aromatic N) is 2. The maximum Gasteiger partial charge on any atom is 0.251 e. The first kappa shape index (κ1) is 20.5. The zero-order valence-electron chi connectivity index (χ0n) is 17.1. The molecule has 6 heteroatoms. The molecule has 158 valence electrons. The van der Waals surface area contributed by atoms with Gasteiger partial charge in [0, 0.05) is 24.7 Å². The number of rotatable bonds is 5. The molecule has 2 saturated heterocycles. The highest BCUT2D eigenvalue weighted by molar-refractivity contribution is 5.96. The van der Waals surface area contributed by atoms with E-state index in [0.29, 0.717) is 18.5 Å². The van der Waals surface area contributed by atoms with Crippen molar-refractivity contribution in [2.45, 2.75) is 31.2 Å². The Kier molecular flexibility index (Phi) is 6.43. The largest absolute Gasteiger partial charge is 0.343 e. The fraction of sp³-hybridized carbons (Fsp3) is 0.417. The second-order valence-corrected chi connectivity index (χ2v) is 8.20. The summed E-state index contributed by atoms with van der Waals surface area (Å²) in [5, 5.41) is 2.61. The van der Waals surface area contributed by atoms with E-state index in [1.165, 1.54) is 29.8 Å². The standard InChI is InChI=1S/C24H28FN3O2/c25-21-8-4-7-20(15-21)24(30)26-16-23(29)28-14-11-22(17-28)27-12-9-19(10-13-27)18-5-2-1-3-6-18/h1-8,15,19,22H,9-14,16-17H2,(H,26,30). The van der Waals surface area contributed by atoms with E-state index in [4.69, 9.17) is 0 Å². The highest BCUT2D eigenvalue weighted by atomic mass is 19.1. The third-order valence-electron chi connectivity index (χ3n) is 6.32. The van der Waals surface area contributed by atoms with E-state index in [2.05, 4.69) is 40.5 Å². The molecule has 0 saturated carbocycles. The lowest BCUT2D eigenvalue weighted by Crippen LogP contribution is -2.44. The minimum atomic E-state index is -0.465. The van der Waals surface area contributed by atoms with Crippen molar-refractivity contribution in [1.82, 2.24) is 15.1 Å². The van der Waals surface area contributed by atoms with Gasteiger partial charge in [-0.1, -0.05) is 36.4 Å². The van der Waals surface area contributed by atoms with E-state index in [0.717, 1.165) is 38.9 Å². The molecular weight excluding hydrogens is 381 g/mol. The van der Waals surface area contributed by atoms with Crippen LogP contribution in [0.1, 0.15) is 41.1 Å². The molecule has 1 atom stereocenters. The van der Waals surface area contributed by atoms with Crippen molar-refractivity contribution in [3.63, 3.8) is 0 Å². The van der Waals surface area contributed by atoms with Gasteiger partial charge in [0.2, 0.25) is 5.91 Å². The lowest BCUT2D eigenvalue weighted by Gasteiger charge is -2.36. The highest BCUT2D eigenvalue weighted by Gasteiger charge is 2.32. The molecule has 2 aliphatic heterocycles. The predicted octanol–water partition coefficient (Wildman–Crippen LogP) is 3.04. The van der Waals surface area contributed by atoms with Gasteiger partial charge in [-0.15, -0.1) is 0 Å². The Bertz CT molecular complexity index is 881. The number of halogens is 1. The number of likely N-dealkylation sites (tertiary alicyclic amines) is 2. The topological polar surface area (TPSA) is 52.7 Å². The minimum Gasteiger partial charge on any atom is -0.343 e. The molecule has 2 aliphatic rings. The molecule has 2 heterocycles. The maximum absolute atomic E-state index is 13.3. The van der Waals surface area contributed by atoms with Crippen LogP contribution in [-0.4, -0.2) is 60.4 Å². The zero-order chi connectivity index (χ0) is 20.9. The third-order valence-corrected chi connectivity index (χ3v) is 6.32. The highest BCUT2D eigenvalue weighted by Crippen LogP contribution is 2.30. The lowest BCUT2D eigenvalue weighted by molar-refractivity contribution is -0.129. The van der Waals surface area contributed by atoms with E-state index < -0.39 is 11.7 Å². The van der Waals surface area contributed by atoms with Gasteiger partial charge in [-0.25, -0.2) is 4.39 Å². The van der Waals surface area contributed by atoms with Gasteiger partial charge >= 0.3 is 0 Å². The maximum atomic E-state index is 13.3. The molecule has 2 aromatic rings. The van der Waals surface area contributed by atoms with E-state index in [1.54, 1.807) is 0 Å². The summed E-state index contributed by atoms with van der Waals surface area (Å²) in [6.07, 6.45) is 3.27. The van der Waals surface area contributed by atoms with Crippen LogP contribution in [-0.2, 0) is 4.79 Å². The molecule has 1 unspecified atom stereocenters.